The Hall–Kier alpha value is -0.0400. The minimum Gasteiger partial charge on any atom is -0.314 e. The maximum Gasteiger partial charge on any atom is 0.00388 e. The molecular weight excluding hydrogens is 194 g/mol. The van der Waals surface area contributed by atoms with Crippen molar-refractivity contribution in [2.75, 3.05) is 6.54 Å². The van der Waals surface area contributed by atoms with Crippen molar-refractivity contribution in [3.63, 3.8) is 0 Å². The van der Waals surface area contributed by atoms with Gasteiger partial charge in [0.2, 0.25) is 0 Å². The summed E-state index contributed by atoms with van der Waals surface area (Å²) in [5.41, 5.74) is 0. The van der Waals surface area contributed by atoms with Crippen molar-refractivity contribution in [1.82, 2.24) is 5.32 Å². The Labute approximate surface area is 102 Å². The van der Waals surface area contributed by atoms with Crippen LogP contribution in [0.3, 0.4) is 0 Å². The lowest BCUT2D eigenvalue weighted by Gasteiger charge is -2.22. The van der Waals surface area contributed by atoms with Crippen LogP contribution in [0.1, 0.15) is 78.1 Å². The van der Waals surface area contributed by atoms with E-state index in [1.807, 2.05) is 0 Å². The molecular formula is C15H31N. The van der Waals surface area contributed by atoms with Crippen molar-refractivity contribution in [2.45, 2.75) is 84.1 Å². The highest BCUT2D eigenvalue weighted by atomic mass is 14.9. The summed E-state index contributed by atoms with van der Waals surface area (Å²) < 4.78 is 0. The minimum absolute atomic E-state index is 0.727. The van der Waals surface area contributed by atoms with Gasteiger partial charge in [0.1, 0.15) is 0 Å². The van der Waals surface area contributed by atoms with E-state index in [1.165, 1.54) is 70.8 Å². The zero-order valence-corrected chi connectivity index (χ0v) is 11.4. The van der Waals surface area contributed by atoms with E-state index in [4.69, 9.17) is 0 Å². The lowest BCUT2D eigenvalue weighted by atomic mass is 9.91. The molecule has 0 heterocycles. The van der Waals surface area contributed by atoms with Gasteiger partial charge in [-0.1, -0.05) is 51.9 Å². The van der Waals surface area contributed by atoms with Gasteiger partial charge < -0.3 is 5.32 Å². The molecule has 0 saturated heterocycles. The first-order valence-electron chi connectivity index (χ1n) is 7.56. The van der Waals surface area contributed by atoms with E-state index in [-0.39, 0.29) is 0 Å². The van der Waals surface area contributed by atoms with Gasteiger partial charge in [0.25, 0.3) is 0 Å². The van der Waals surface area contributed by atoms with E-state index in [1.54, 1.807) is 0 Å². The number of unbranched alkanes of at least 4 members (excludes halogenated alkanes) is 1. The van der Waals surface area contributed by atoms with Crippen LogP contribution >= 0.6 is 0 Å². The van der Waals surface area contributed by atoms with E-state index in [2.05, 4.69) is 19.2 Å². The fourth-order valence-corrected chi connectivity index (χ4v) is 2.73. The molecule has 1 N–H and O–H groups in total. The van der Waals surface area contributed by atoms with Crippen molar-refractivity contribution < 1.29 is 0 Å². The fraction of sp³-hybridized carbons (Fsp3) is 1.00. The Morgan fingerprint density at radius 3 is 2.31 bits per heavy atom. The van der Waals surface area contributed by atoms with Gasteiger partial charge in [-0.05, 0) is 38.6 Å². The minimum atomic E-state index is 0.727. The van der Waals surface area contributed by atoms with Crippen LogP contribution in [0, 0.1) is 5.92 Å². The SMILES string of the molecule is CCCCC(C)NCC1CCCCCCC1. The lowest BCUT2D eigenvalue weighted by Crippen LogP contribution is -2.31. The van der Waals surface area contributed by atoms with Crippen LogP contribution in [0.5, 0.6) is 0 Å². The Bertz CT molecular complexity index is 148. The molecule has 0 aromatic heterocycles. The molecule has 96 valence electrons. The van der Waals surface area contributed by atoms with Gasteiger partial charge in [0, 0.05) is 6.04 Å². The Balaban J connectivity index is 2.09. The molecule has 1 heteroatoms. The Morgan fingerprint density at radius 1 is 1.06 bits per heavy atom. The summed E-state index contributed by atoms with van der Waals surface area (Å²) in [4.78, 5) is 0. The van der Waals surface area contributed by atoms with Gasteiger partial charge in [0.05, 0.1) is 0 Å². The first kappa shape index (κ1) is 14.0. The predicted molar refractivity (Wildman–Crippen MR) is 72.8 cm³/mol. The zero-order valence-electron chi connectivity index (χ0n) is 11.4. The van der Waals surface area contributed by atoms with E-state index in [9.17, 15) is 0 Å². The highest BCUT2D eigenvalue weighted by Gasteiger charge is 2.12. The largest absolute Gasteiger partial charge is 0.314 e. The molecule has 1 aliphatic rings. The average molecular weight is 225 g/mol. The second kappa shape index (κ2) is 9.04. The molecule has 0 aromatic carbocycles. The highest BCUT2D eigenvalue weighted by Crippen LogP contribution is 2.21. The zero-order chi connectivity index (χ0) is 11.6. The Kier molecular flexibility index (Phi) is 7.92. The summed E-state index contributed by atoms with van der Waals surface area (Å²) in [6.07, 6.45) is 14.3. The third-order valence-corrected chi connectivity index (χ3v) is 3.97. The molecule has 0 radical (unpaired) electrons. The lowest BCUT2D eigenvalue weighted by molar-refractivity contribution is 0.342. The first-order chi connectivity index (χ1) is 7.83. The van der Waals surface area contributed by atoms with Gasteiger partial charge >= 0.3 is 0 Å². The molecule has 1 nitrogen and oxygen atoms in total. The van der Waals surface area contributed by atoms with E-state index >= 15 is 0 Å². The van der Waals surface area contributed by atoms with Crippen molar-refractivity contribution in [3.8, 4) is 0 Å². The summed E-state index contributed by atoms with van der Waals surface area (Å²) in [6.45, 7) is 5.89. The summed E-state index contributed by atoms with van der Waals surface area (Å²) in [5.74, 6) is 0.962. The topological polar surface area (TPSA) is 12.0 Å². The van der Waals surface area contributed by atoms with E-state index in [0.717, 1.165) is 12.0 Å². The maximum absolute atomic E-state index is 3.74. The summed E-state index contributed by atoms with van der Waals surface area (Å²) in [7, 11) is 0. The van der Waals surface area contributed by atoms with Gasteiger partial charge in [-0.3, -0.25) is 0 Å². The molecule has 0 aliphatic heterocycles. The molecule has 1 aliphatic carbocycles. The van der Waals surface area contributed by atoms with Crippen LogP contribution < -0.4 is 5.32 Å². The van der Waals surface area contributed by atoms with Crippen molar-refractivity contribution in [3.05, 3.63) is 0 Å². The molecule has 0 bridgehead atoms. The smallest absolute Gasteiger partial charge is 0.00388 e. The third kappa shape index (κ3) is 6.52. The highest BCUT2D eigenvalue weighted by molar-refractivity contribution is 4.69. The van der Waals surface area contributed by atoms with Crippen LogP contribution in [0.2, 0.25) is 0 Å². The summed E-state index contributed by atoms with van der Waals surface area (Å²) in [5, 5.41) is 3.74. The molecule has 0 amide bonds. The molecule has 0 spiro atoms. The van der Waals surface area contributed by atoms with Crippen LogP contribution in [0.4, 0.5) is 0 Å². The number of hydrogen-bond donors (Lipinski definition) is 1. The predicted octanol–water partition coefficient (Wildman–Crippen LogP) is 4.52. The second-order valence-electron chi connectivity index (χ2n) is 5.66. The Morgan fingerprint density at radius 2 is 1.69 bits per heavy atom. The van der Waals surface area contributed by atoms with Crippen LogP contribution in [-0.4, -0.2) is 12.6 Å². The molecule has 16 heavy (non-hydrogen) atoms. The fourth-order valence-electron chi connectivity index (χ4n) is 2.73. The van der Waals surface area contributed by atoms with Gasteiger partial charge in [-0.2, -0.15) is 0 Å². The summed E-state index contributed by atoms with van der Waals surface area (Å²) >= 11 is 0. The molecule has 1 atom stereocenters. The monoisotopic (exact) mass is 225 g/mol. The number of rotatable bonds is 6. The molecule has 1 rings (SSSR count). The van der Waals surface area contributed by atoms with Crippen molar-refractivity contribution in [2.24, 2.45) is 5.92 Å². The number of nitrogens with one attached hydrogen (secondary N) is 1. The molecule has 0 aromatic rings. The normalized spacial score (nSPS) is 21.4. The average Bonchev–Trinajstić information content (AvgIpc) is 2.25. The molecule has 1 saturated carbocycles. The number of hydrogen-bond acceptors (Lipinski definition) is 1. The van der Waals surface area contributed by atoms with Gasteiger partial charge in [-0.25, -0.2) is 0 Å². The van der Waals surface area contributed by atoms with E-state index < -0.39 is 0 Å². The van der Waals surface area contributed by atoms with Crippen LogP contribution in [0.15, 0.2) is 0 Å². The van der Waals surface area contributed by atoms with Crippen LogP contribution in [0.25, 0.3) is 0 Å². The quantitative estimate of drug-likeness (QED) is 0.701. The standard InChI is InChI=1S/C15H31N/c1-3-4-10-14(2)16-13-15-11-8-6-5-7-9-12-15/h14-16H,3-13H2,1-2H3. The molecule has 1 unspecified atom stereocenters. The van der Waals surface area contributed by atoms with Crippen molar-refractivity contribution in [1.29, 1.82) is 0 Å². The van der Waals surface area contributed by atoms with Crippen LogP contribution in [-0.2, 0) is 0 Å². The second-order valence-corrected chi connectivity index (χ2v) is 5.66. The first-order valence-corrected chi connectivity index (χ1v) is 7.56. The maximum atomic E-state index is 3.74. The van der Waals surface area contributed by atoms with Gasteiger partial charge in [-0.15, -0.1) is 0 Å². The van der Waals surface area contributed by atoms with Gasteiger partial charge in [0.15, 0.2) is 0 Å². The van der Waals surface area contributed by atoms with Crippen molar-refractivity contribution >= 4 is 0 Å². The third-order valence-electron chi connectivity index (χ3n) is 3.97. The molecule has 1 fully saturated rings. The summed E-state index contributed by atoms with van der Waals surface area (Å²) in [6, 6.07) is 0.727. The van der Waals surface area contributed by atoms with E-state index in [0.29, 0.717) is 0 Å².